The number of hydrogen-bond acceptors (Lipinski definition) is 6. The molecule has 0 saturated carbocycles. The van der Waals surface area contributed by atoms with Gasteiger partial charge in [-0.1, -0.05) is 29.5 Å². The zero-order valence-electron chi connectivity index (χ0n) is 12.7. The van der Waals surface area contributed by atoms with Crippen molar-refractivity contribution in [3.05, 3.63) is 40.7 Å². The lowest BCUT2D eigenvalue weighted by Gasteiger charge is -2.38. The van der Waals surface area contributed by atoms with Crippen molar-refractivity contribution in [3.63, 3.8) is 0 Å². The van der Waals surface area contributed by atoms with Crippen LogP contribution in [-0.2, 0) is 15.9 Å². The second-order valence-electron chi connectivity index (χ2n) is 5.88. The average molecular weight is 335 g/mol. The lowest BCUT2D eigenvalue weighted by molar-refractivity contribution is -0.161. The van der Waals surface area contributed by atoms with Crippen LogP contribution in [0.25, 0.3) is 0 Å². The van der Waals surface area contributed by atoms with Gasteiger partial charge in [-0.05, 0) is 18.1 Å². The van der Waals surface area contributed by atoms with E-state index in [1.54, 1.807) is 12.1 Å². The molecule has 1 aromatic heterocycles. The van der Waals surface area contributed by atoms with Crippen LogP contribution in [0.3, 0.4) is 0 Å². The monoisotopic (exact) mass is 335 g/mol. The van der Waals surface area contributed by atoms with Crippen molar-refractivity contribution in [3.8, 4) is 0 Å². The lowest BCUT2D eigenvalue weighted by Crippen LogP contribution is -2.49. The summed E-state index contributed by atoms with van der Waals surface area (Å²) in [6.07, 6.45) is 2.39. The molecule has 0 atom stereocenters. The summed E-state index contributed by atoms with van der Waals surface area (Å²) in [6.45, 7) is 2.91. The molecule has 2 aliphatic heterocycles. The van der Waals surface area contributed by atoms with Crippen LogP contribution in [0.1, 0.15) is 23.4 Å². The summed E-state index contributed by atoms with van der Waals surface area (Å²) in [5.41, 5.74) is 0.646. The first-order valence-electron chi connectivity index (χ1n) is 7.83. The van der Waals surface area contributed by atoms with Crippen molar-refractivity contribution in [2.45, 2.75) is 25.0 Å². The van der Waals surface area contributed by atoms with Gasteiger partial charge in [-0.2, -0.15) is 0 Å². The maximum Gasteiger partial charge on any atom is 0.208 e. The number of halogens is 1. The molecule has 2 aliphatic rings. The maximum atomic E-state index is 13.7. The number of aromatic nitrogens is 2. The normalized spacial score (nSPS) is 20.3. The zero-order chi connectivity index (χ0) is 15.7. The Hall–Kier alpha value is -1.57. The Morgan fingerprint density at radius 1 is 1.22 bits per heavy atom. The van der Waals surface area contributed by atoms with Gasteiger partial charge in [0.25, 0.3) is 0 Å². The molecule has 4 rings (SSSR count). The predicted octanol–water partition coefficient (Wildman–Crippen LogP) is 2.61. The topological polar surface area (TPSA) is 47.5 Å². The second kappa shape index (κ2) is 6.14. The van der Waals surface area contributed by atoms with Gasteiger partial charge in [0.1, 0.15) is 10.8 Å². The first-order chi connectivity index (χ1) is 11.2. The zero-order valence-corrected chi connectivity index (χ0v) is 13.5. The van der Waals surface area contributed by atoms with Gasteiger partial charge in [-0.3, -0.25) is 0 Å². The Bertz CT molecular complexity index is 687. The SMILES string of the molecule is Fc1ccccc1Cc1nnc(N2CCCC3(C2)OCCO3)s1. The fourth-order valence-electron chi connectivity index (χ4n) is 3.13. The highest BCUT2D eigenvalue weighted by Crippen LogP contribution is 2.34. The summed E-state index contributed by atoms with van der Waals surface area (Å²) in [5, 5.41) is 10.2. The van der Waals surface area contributed by atoms with Crippen LogP contribution in [0, 0.1) is 5.82 Å². The number of benzene rings is 1. The van der Waals surface area contributed by atoms with E-state index in [0.29, 0.717) is 31.7 Å². The molecular weight excluding hydrogens is 317 g/mol. The van der Waals surface area contributed by atoms with Crippen molar-refractivity contribution in [1.82, 2.24) is 10.2 Å². The van der Waals surface area contributed by atoms with E-state index in [-0.39, 0.29) is 5.82 Å². The molecule has 0 amide bonds. The molecule has 2 fully saturated rings. The van der Waals surface area contributed by atoms with Crippen LogP contribution >= 0.6 is 11.3 Å². The third-order valence-corrected chi connectivity index (χ3v) is 5.24. The van der Waals surface area contributed by atoms with E-state index < -0.39 is 5.79 Å². The molecule has 2 saturated heterocycles. The summed E-state index contributed by atoms with van der Waals surface area (Å²) in [5.74, 6) is -0.677. The number of nitrogens with zero attached hydrogens (tertiary/aromatic N) is 3. The number of ether oxygens (including phenoxy) is 2. The summed E-state index contributed by atoms with van der Waals surface area (Å²) in [6, 6.07) is 6.79. The summed E-state index contributed by atoms with van der Waals surface area (Å²) in [4.78, 5) is 2.16. The van der Waals surface area contributed by atoms with Crippen LogP contribution in [0.5, 0.6) is 0 Å². The summed E-state index contributed by atoms with van der Waals surface area (Å²) < 4.78 is 25.3. The first kappa shape index (κ1) is 15.0. The van der Waals surface area contributed by atoms with Gasteiger partial charge < -0.3 is 14.4 Å². The Balaban J connectivity index is 1.48. The minimum Gasteiger partial charge on any atom is -0.346 e. The van der Waals surface area contributed by atoms with Gasteiger partial charge in [0.05, 0.1) is 19.8 Å². The fourth-order valence-corrected chi connectivity index (χ4v) is 4.02. The first-order valence-corrected chi connectivity index (χ1v) is 8.64. The number of anilines is 1. The number of rotatable bonds is 3. The average Bonchev–Trinajstić information content (AvgIpc) is 3.20. The molecule has 1 spiro atoms. The molecule has 0 aliphatic carbocycles. The van der Waals surface area contributed by atoms with Gasteiger partial charge in [-0.15, -0.1) is 10.2 Å². The third kappa shape index (κ3) is 3.08. The molecule has 0 radical (unpaired) electrons. The van der Waals surface area contributed by atoms with Crippen molar-refractivity contribution in [1.29, 1.82) is 0 Å². The minimum absolute atomic E-state index is 0.200. The molecule has 0 unspecified atom stereocenters. The van der Waals surface area contributed by atoms with Crippen LogP contribution < -0.4 is 4.90 Å². The van der Waals surface area contributed by atoms with E-state index in [9.17, 15) is 4.39 Å². The quantitative estimate of drug-likeness (QED) is 0.863. The van der Waals surface area contributed by atoms with Gasteiger partial charge >= 0.3 is 0 Å². The van der Waals surface area contributed by atoms with Crippen LogP contribution in [0.4, 0.5) is 9.52 Å². The molecule has 23 heavy (non-hydrogen) atoms. The third-order valence-electron chi connectivity index (χ3n) is 4.26. The molecule has 0 bridgehead atoms. The smallest absolute Gasteiger partial charge is 0.208 e. The number of hydrogen-bond donors (Lipinski definition) is 0. The van der Waals surface area contributed by atoms with Gasteiger partial charge in [-0.25, -0.2) is 4.39 Å². The minimum atomic E-state index is -0.477. The Kier molecular flexibility index (Phi) is 4.00. The molecule has 0 N–H and O–H groups in total. The molecule has 122 valence electrons. The van der Waals surface area contributed by atoms with Gasteiger partial charge in [0, 0.05) is 19.4 Å². The van der Waals surface area contributed by atoms with E-state index >= 15 is 0 Å². The highest BCUT2D eigenvalue weighted by molar-refractivity contribution is 7.15. The Morgan fingerprint density at radius 2 is 2.04 bits per heavy atom. The number of piperidine rings is 1. The summed E-state index contributed by atoms with van der Waals surface area (Å²) in [7, 11) is 0. The molecule has 5 nitrogen and oxygen atoms in total. The van der Waals surface area contributed by atoms with Crippen molar-refractivity contribution < 1.29 is 13.9 Å². The van der Waals surface area contributed by atoms with E-state index in [0.717, 1.165) is 29.5 Å². The van der Waals surface area contributed by atoms with Crippen molar-refractivity contribution >= 4 is 16.5 Å². The van der Waals surface area contributed by atoms with E-state index in [4.69, 9.17) is 9.47 Å². The molecular formula is C16H18FN3O2S. The van der Waals surface area contributed by atoms with Gasteiger partial charge in [0.15, 0.2) is 5.79 Å². The van der Waals surface area contributed by atoms with Crippen LogP contribution in [-0.4, -0.2) is 42.3 Å². The van der Waals surface area contributed by atoms with Crippen LogP contribution in [0.2, 0.25) is 0 Å². The summed E-state index contributed by atoms with van der Waals surface area (Å²) >= 11 is 1.51. The Labute approximate surface area is 138 Å². The van der Waals surface area contributed by atoms with Gasteiger partial charge in [0.2, 0.25) is 5.13 Å². The molecule has 2 aromatic rings. The largest absolute Gasteiger partial charge is 0.346 e. The molecule has 3 heterocycles. The van der Waals surface area contributed by atoms with E-state index in [2.05, 4.69) is 15.1 Å². The standard InChI is InChI=1S/C16H18FN3O2S/c17-13-5-2-1-4-12(13)10-14-18-19-15(23-14)20-7-3-6-16(11-20)21-8-9-22-16/h1-2,4-5H,3,6-11H2. The van der Waals surface area contributed by atoms with E-state index in [1.807, 2.05) is 6.07 Å². The second-order valence-corrected chi connectivity index (χ2v) is 6.92. The molecule has 1 aromatic carbocycles. The highest BCUT2D eigenvalue weighted by atomic mass is 32.1. The Morgan fingerprint density at radius 3 is 2.87 bits per heavy atom. The lowest BCUT2D eigenvalue weighted by atomic mass is 10.1. The fraction of sp³-hybridized carbons (Fsp3) is 0.500. The van der Waals surface area contributed by atoms with E-state index in [1.165, 1.54) is 17.4 Å². The molecule has 7 heteroatoms. The van der Waals surface area contributed by atoms with Crippen molar-refractivity contribution in [2.24, 2.45) is 0 Å². The highest BCUT2D eigenvalue weighted by Gasteiger charge is 2.41. The van der Waals surface area contributed by atoms with Crippen LogP contribution in [0.15, 0.2) is 24.3 Å². The predicted molar refractivity (Wildman–Crippen MR) is 85.2 cm³/mol. The maximum absolute atomic E-state index is 13.7. The van der Waals surface area contributed by atoms with Crippen molar-refractivity contribution in [2.75, 3.05) is 31.2 Å².